The van der Waals surface area contributed by atoms with Gasteiger partial charge in [0, 0.05) is 19.5 Å². The highest BCUT2D eigenvalue weighted by Crippen LogP contribution is 2.41. The van der Waals surface area contributed by atoms with E-state index >= 15 is 0 Å². The van der Waals surface area contributed by atoms with Crippen LogP contribution in [0.2, 0.25) is 0 Å². The minimum atomic E-state index is 0.236. The molecule has 0 saturated carbocycles. The SMILES string of the molecule is Cc1cc(C)c(B2B(c3c(C)cc(C)cc3C)c3cc(-c4ccccc4)sc3-c3sc(-c4ccccc4)cc32)c(C)c1. The summed E-state index contributed by atoms with van der Waals surface area (Å²) in [5.74, 6) is 0. The second-order valence-electron chi connectivity index (χ2n) is 12.1. The number of fused-ring (bicyclic) bond motifs is 3. The molecule has 0 unspecified atom stereocenters. The fraction of sp³-hybridized carbons (Fsp3) is 0.158. The molecular weight excluding hydrogens is 542 g/mol. The van der Waals surface area contributed by atoms with Crippen molar-refractivity contribution in [2.24, 2.45) is 0 Å². The molecule has 0 N–H and O–H groups in total. The highest BCUT2D eigenvalue weighted by Gasteiger charge is 2.46. The molecule has 0 atom stereocenters. The molecule has 3 heterocycles. The smallest absolute Gasteiger partial charge is 0.135 e. The number of benzene rings is 4. The standard InChI is InChI=1S/C38H34B2S2/c1-23-17-25(3)35(26(4)18-23)39-31-21-33(29-13-9-7-10-14-29)41-37(31)38-32(22-34(42-38)30-15-11-8-12-16-30)40(39)36-27(5)19-24(2)20-28(36)6/h7-22H,1-6H3. The molecule has 4 heteroatoms. The zero-order chi connectivity index (χ0) is 29.1. The topological polar surface area (TPSA) is 0 Å². The Bertz CT molecular complexity index is 1760. The molecule has 0 aliphatic carbocycles. The third kappa shape index (κ3) is 4.53. The molecule has 42 heavy (non-hydrogen) atoms. The largest absolute Gasteiger partial charge is 0.194 e. The first-order chi connectivity index (χ1) is 20.3. The Balaban J connectivity index is 1.58. The molecule has 2 aromatic heterocycles. The zero-order valence-electron chi connectivity index (χ0n) is 25.2. The maximum absolute atomic E-state index is 2.52. The highest BCUT2D eigenvalue weighted by molar-refractivity contribution is 7.47. The number of thiophene rings is 2. The Morgan fingerprint density at radius 3 is 1.10 bits per heavy atom. The van der Waals surface area contributed by atoms with E-state index in [4.69, 9.17) is 0 Å². The summed E-state index contributed by atoms with van der Waals surface area (Å²) in [7, 11) is 0. The molecule has 0 amide bonds. The van der Waals surface area contributed by atoms with Gasteiger partial charge in [0.1, 0.15) is 0 Å². The van der Waals surface area contributed by atoms with Crippen LogP contribution in [0.1, 0.15) is 33.4 Å². The molecule has 0 radical (unpaired) electrons. The van der Waals surface area contributed by atoms with E-state index in [1.54, 1.807) is 0 Å². The summed E-state index contributed by atoms with van der Waals surface area (Å²) in [4.78, 5) is 5.59. The summed E-state index contributed by atoms with van der Waals surface area (Å²) in [6.07, 6.45) is 0. The predicted molar refractivity (Wildman–Crippen MR) is 190 cm³/mol. The molecular formula is C38H34B2S2. The van der Waals surface area contributed by atoms with Crippen LogP contribution in [0.5, 0.6) is 0 Å². The normalized spacial score (nSPS) is 12.4. The van der Waals surface area contributed by atoms with Gasteiger partial charge >= 0.3 is 0 Å². The summed E-state index contributed by atoms with van der Waals surface area (Å²) in [5.41, 5.74) is 16.8. The first kappa shape index (κ1) is 27.3. The van der Waals surface area contributed by atoms with Crippen LogP contribution in [0.25, 0.3) is 30.6 Å². The summed E-state index contributed by atoms with van der Waals surface area (Å²) in [5, 5.41) is 0. The van der Waals surface area contributed by atoms with E-state index in [1.807, 2.05) is 22.7 Å². The minimum absolute atomic E-state index is 0.236. The molecule has 0 spiro atoms. The molecule has 0 saturated heterocycles. The molecule has 204 valence electrons. The minimum Gasteiger partial charge on any atom is -0.135 e. The van der Waals surface area contributed by atoms with E-state index in [9.17, 15) is 0 Å². The van der Waals surface area contributed by atoms with E-state index in [0.717, 1.165) is 0 Å². The van der Waals surface area contributed by atoms with Gasteiger partial charge in [-0.3, -0.25) is 0 Å². The first-order valence-electron chi connectivity index (χ1n) is 14.8. The van der Waals surface area contributed by atoms with E-state index < -0.39 is 0 Å². The van der Waals surface area contributed by atoms with Crippen molar-refractivity contribution in [3.63, 3.8) is 0 Å². The third-order valence-electron chi connectivity index (χ3n) is 8.95. The molecule has 0 nitrogen and oxygen atoms in total. The summed E-state index contributed by atoms with van der Waals surface area (Å²) < 4.78 is 0. The predicted octanol–water partition coefficient (Wildman–Crippen LogP) is 7.97. The molecule has 1 aliphatic heterocycles. The Labute approximate surface area is 259 Å². The third-order valence-corrected chi connectivity index (χ3v) is 11.5. The Hall–Kier alpha value is -3.59. The maximum atomic E-state index is 2.52. The second kappa shape index (κ2) is 10.6. The van der Waals surface area contributed by atoms with Crippen molar-refractivity contribution in [3.8, 4) is 30.6 Å². The van der Waals surface area contributed by atoms with E-state index in [-0.39, 0.29) is 13.2 Å². The highest BCUT2D eigenvalue weighted by atomic mass is 32.1. The molecule has 7 rings (SSSR count). The van der Waals surface area contributed by atoms with Gasteiger partial charge in [-0.15, -0.1) is 22.7 Å². The van der Waals surface area contributed by atoms with Gasteiger partial charge < -0.3 is 0 Å². The fourth-order valence-corrected chi connectivity index (χ4v) is 10.1. The van der Waals surface area contributed by atoms with Gasteiger partial charge in [-0.2, -0.15) is 0 Å². The van der Waals surface area contributed by atoms with Gasteiger partial charge in [-0.1, -0.05) is 140 Å². The van der Waals surface area contributed by atoms with Crippen molar-refractivity contribution in [1.82, 2.24) is 0 Å². The lowest BCUT2D eigenvalue weighted by molar-refractivity contribution is 1.35. The van der Waals surface area contributed by atoms with Crippen molar-refractivity contribution < 1.29 is 0 Å². The summed E-state index contributed by atoms with van der Waals surface area (Å²) in [6.45, 7) is 14.2. The van der Waals surface area contributed by atoms with Crippen LogP contribution < -0.4 is 21.9 Å². The average molecular weight is 576 g/mol. The lowest BCUT2D eigenvalue weighted by Crippen LogP contribution is -2.69. The van der Waals surface area contributed by atoms with Crippen molar-refractivity contribution in [1.29, 1.82) is 0 Å². The van der Waals surface area contributed by atoms with Crippen LogP contribution in [0.4, 0.5) is 0 Å². The Kier molecular flexibility index (Phi) is 6.88. The van der Waals surface area contributed by atoms with Gasteiger partial charge in [0.05, 0.1) is 0 Å². The number of rotatable bonds is 4. The molecule has 1 aliphatic rings. The van der Waals surface area contributed by atoms with Crippen LogP contribution in [-0.2, 0) is 0 Å². The van der Waals surface area contributed by atoms with Crippen molar-refractivity contribution in [3.05, 3.63) is 130 Å². The van der Waals surface area contributed by atoms with Gasteiger partial charge in [0.15, 0.2) is 13.2 Å². The number of hydrogen-bond acceptors (Lipinski definition) is 2. The van der Waals surface area contributed by atoms with Crippen LogP contribution in [0.15, 0.2) is 97.1 Å². The van der Waals surface area contributed by atoms with Crippen LogP contribution in [-0.4, -0.2) is 13.2 Å². The van der Waals surface area contributed by atoms with Crippen LogP contribution in [0.3, 0.4) is 0 Å². The maximum Gasteiger partial charge on any atom is 0.194 e. The fourth-order valence-electron chi connectivity index (χ4n) is 7.48. The van der Waals surface area contributed by atoms with Crippen molar-refractivity contribution in [2.45, 2.75) is 41.5 Å². The monoisotopic (exact) mass is 576 g/mol. The Morgan fingerprint density at radius 1 is 0.429 bits per heavy atom. The number of aryl methyl sites for hydroxylation is 6. The van der Waals surface area contributed by atoms with Gasteiger partial charge in [0.2, 0.25) is 0 Å². The first-order valence-corrected chi connectivity index (χ1v) is 16.5. The molecule has 0 fully saturated rings. The van der Waals surface area contributed by atoms with Crippen molar-refractivity contribution >= 4 is 57.7 Å². The van der Waals surface area contributed by atoms with Crippen molar-refractivity contribution in [2.75, 3.05) is 0 Å². The number of hydrogen-bond donors (Lipinski definition) is 0. The molecule has 0 bridgehead atoms. The van der Waals surface area contributed by atoms with Gasteiger partial charge in [0.25, 0.3) is 0 Å². The van der Waals surface area contributed by atoms with Crippen LogP contribution >= 0.6 is 22.7 Å². The summed E-state index contributed by atoms with van der Waals surface area (Å²) in [6, 6.07) is 36.5. The Morgan fingerprint density at radius 2 is 0.762 bits per heavy atom. The second-order valence-corrected chi connectivity index (χ2v) is 14.2. The lowest BCUT2D eigenvalue weighted by atomic mass is 9.00. The quantitative estimate of drug-likeness (QED) is 0.187. The van der Waals surface area contributed by atoms with Gasteiger partial charge in [-0.25, -0.2) is 0 Å². The van der Waals surface area contributed by atoms with Gasteiger partial charge in [-0.05, 0) is 64.8 Å². The average Bonchev–Trinajstić information content (AvgIpc) is 3.59. The zero-order valence-corrected chi connectivity index (χ0v) is 26.8. The molecule has 6 aromatic rings. The van der Waals surface area contributed by atoms with E-state index in [0.29, 0.717) is 0 Å². The van der Waals surface area contributed by atoms with E-state index in [1.165, 1.54) is 85.9 Å². The lowest BCUT2D eigenvalue weighted by Gasteiger charge is -2.32. The van der Waals surface area contributed by atoms with Crippen LogP contribution in [0, 0.1) is 41.5 Å². The van der Waals surface area contributed by atoms with E-state index in [2.05, 4.69) is 139 Å². The summed E-state index contributed by atoms with van der Waals surface area (Å²) >= 11 is 3.94. The molecule has 4 aromatic carbocycles.